The predicted octanol–water partition coefficient (Wildman–Crippen LogP) is 3.31. The van der Waals surface area contributed by atoms with E-state index in [1.165, 1.54) is 4.57 Å². The predicted molar refractivity (Wildman–Crippen MR) is 95.6 cm³/mol. The van der Waals surface area contributed by atoms with E-state index in [1.54, 1.807) is 25.1 Å². The van der Waals surface area contributed by atoms with Gasteiger partial charge in [-0.3, -0.25) is 14.2 Å². The van der Waals surface area contributed by atoms with E-state index in [0.29, 0.717) is 27.4 Å². The molecule has 1 aromatic heterocycles. The fraction of sp³-hybridized carbons (Fsp3) is 0.167. The smallest absolute Gasteiger partial charge is 0.272 e. The zero-order valence-corrected chi connectivity index (χ0v) is 14.1. The van der Waals surface area contributed by atoms with Crippen molar-refractivity contribution in [3.8, 4) is 0 Å². The van der Waals surface area contributed by atoms with Crippen LogP contribution >= 0.6 is 11.6 Å². The summed E-state index contributed by atoms with van der Waals surface area (Å²) in [6.45, 7) is 3.44. The van der Waals surface area contributed by atoms with Gasteiger partial charge < -0.3 is 5.32 Å². The van der Waals surface area contributed by atoms with Crippen molar-refractivity contribution in [1.82, 2.24) is 9.55 Å². The first kappa shape index (κ1) is 16.2. The number of fused-ring (bicyclic) bond motifs is 1. The van der Waals surface area contributed by atoms with E-state index < -0.39 is 0 Å². The maximum absolute atomic E-state index is 12.4. The van der Waals surface area contributed by atoms with Gasteiger partial charge in [0.05, 0.1) is 11.0 Å². The zero-order valence-electron chi connectivity index (χ0n) is 13.3. The van der Waals surface area contributed by atoms with E-state index in [2.05, 4.69) is 10.3 Å². The number of benzene rings is 2. The average Bonchev–Trinajstić information content (AvgIpc) is 2.55. The van der Waals surface area contributed by atoms with Crippen molar-refractivity contribution in [2.75, 3.05) is 5.32 Å². The topological polar surface area (TPSA) is 64.0 Å². The molecule has 0 unspecified atom stereocenters. The summed E-state index contributed by atoms with van der Waals surface area (Å²) in [5.74, 6) is -0.298. The van der Waals surface area contributed by atoms with Gasteiger partial charge >= 0.3 is 0 Å². The number of hydrogen-bond acceptors (Lipinski definition) is 3. The van der Waals surface area contributed by atoms with Crippen LogP contribution < -0.4 is 10.9 Å². The minimum absolute atomic E-state index is 0.0891. The van der Waals surface area contributed by atoms with Crippen molar-refractivity contribution in [2.45, 2.75) is 20.4 Å². The number of carbonyl (C=O) groups excluding carboxylic acids is 1. The van der Waals surface area contributed by atoms with E-state index >= 15 is 0 Å². The van der Waals surface area contributed by atoms with Crippen molar-refractivity contribution >= 4 is 34.2 Å². The van der Waals surface area contributed by atoms with Gasteiger partial charge in [0, 0.05) is 10.7 Å². The van der Waals surface area contributed by atoms with E-state index in [0.717, 1.165) is 5.56 Å². The molecule has 6 heteroatoms. The highest BCUT2D eigenvalue weighted by Gasteiger charge is 2.12. The molecule has 24 heavy (non-hydrogen) atoms. The molecule has 0 aliphatic heterocycles. The number of nitrogens with zero attached hydrogens (tertiary/aromatic N) is 2. The van der Waals surface area contributed by atoms with Gasteiger partial charge in [0.25, 0.3) is 5.56 Å². The Labute approximate surface area is 143 Å². The van der Waals surface area contributed by atoms with Gasteiger partial charge in [0.15, 0.2) is 0 Å². The van der Waals surface area contributed by atoms with Crippen LogP contribution in [0.25, 0.3) is 11.0 Å². The molecule has 5 nitrogen and oxygen atoms in total. The molecule has 2 aromatic carbocycles. The summed E-state index contributed by atoms with van der Waals surface area (Å²) in [7, 11) is 0. The molecule has 0 fully saturated rings. The summed E-state index contributed by atoms with van der Waals surface area (Å²) in [5, 5.41) is 3.35. The summed E-state index contributed by atoms with van der Waals surface area (Å²) in [5.41, 5.74) is 2.93. The average molecular weight is 342 g/mol. The first-order chi connectivity index (χ1) is 11.5. The molecule has 0 atom stereocenters. The number of anilines is 1. The number of aromatic nitrogens is 2. The van der Waals surface area contributed by atoms with Gasteiger partial charge in [0.2, 0.25) is 5.91 Å². The standard InChI is InChI=1S/C18H16ClN3O2/c1-11-7-8-13(9-14(11)19)21-17(23)10-22-16-6-4-3-5-15(16)20-12(2)18(22)24/h3-9H,10H2,1-2H3,(H,21,23). The Morgan fingerprint density at radius 3 is 2.71 bits per heavy atom. The monoisotopic (exact) mass is 341 g/mol. The normalized spacial score (nSPS) is 10.8. The van der Waals surface area contributed by atoms with Gasteiger partial charge in [-0.25, -0.2) is 4.98 Å². The Balaban J connectivity index is 1.92. The van der Waals surface area contributed by atoms with Crippen molar-refractivity contribution < 1.29 is 4.79 Å². The van der Waals surface area contributed by atoms with E-state index in [1.807, 2.05) is 31.2 Å². The number of nitrogens with one attached hydrogen (secondary N) is 1. The minimum Gasteiger partial charge on any atom is -0.324 e. The molecule has 3 aromatic rings. The van der Waals surface area contributed by atoms with Gasteiger partial charge in [-0.05, 0) is 43.7 Å². The molecule has 1 N–H and O–H groups in total. The summed E-state index contributed by atoms with van der Waals surface area (Å²) in [4.78, 5) is 29.0. The van der Waals surface area contributed by atoms with Crippen LogP contribution in [0.4, 0.5) is 5.69 Å². The lowest BCUT2D eigenvalue weighted by molar-refractivity contribution is -0.116. The van der Waals surface area contributed by atoms with Crippen LogP contribution in [-0.4, -0.2) is 15.5 Å². The van der Waals surface area contributed by atoms with E-state index in [9.17, 15) is 9.59 Å². The second-order valence-electron chi connectivity index (χ2n) is 5.59. The zero-order chi connectivity index (χ0) is 17.3. The van der Waals surface area contributed by atoms with E-state index in [4.69, 9.17) is 11.6 Å². The molecule has 122 valence electrons. The second-order valence-corrected chi connectivity index (χ2v) is 6.00. The van der Waals surface area contributed by atoms with E-state index in [-0.39, 0.29) is 18.0 Å². The van der Waals surface area contributed by atoms with Crippen molar-refractivity contribution in [1.29, 1.82) is 0 Å². The molecular weight excluding hydrogens is 326 g/mol. The highest BCUT2D eigenvalue weighted by molar-refractivity contribution is 6.31. The maximum atomic E-state index is 12.4. The minimum atomic E-state index is -0.298. The molecule has 0 saturated heterocycles. The molecular formula is C18H16ClN3O2. The van der Waals surface area contributed by atoms with Gasteiger partial charge in [-0.2, -0.15) is 0 Å². The maximum Gasteiger partial charge on any atom is 0.272 e. The molecule has 0 spiro atoms. The van der Waals surface area contributed by atoms with Crippen LogP contribution in [0.3, 0.4) is 0 Å². The Hall–Kier alpha value is -2.66. The Kier molecular flexibility index (Phi) is 4.36. The van der Waals surface area contributed by atoms with Crippen LogP contribution in [0.15, 0.2) is 47.3 Å². The number of para-hydroxylation sites is 2. The lowest BCUT2D eigenvalue weighted by Gasteiger charge is -2.12. The SMILES string of the molecule is Cc1ccc(NC(=O)Cn2c(=O)c(C)nc3ccccc32)cc1Cl. The van der Waals surface area contributed by atoms with Crippen molar-refractivity contribution in [2.24, 2.45) is 0 Å². The summed E-state index contributed by atoms with van der Waals surface area (Å²) >= 11 is 6.07. The molecule has 0 aliphatic rings. The lowest BCUT2D eigenvalue weighted by Crippen LogP contribution is -2.30. The highest BCUT2D eigenvalue weighted by Crippen LogP contribution is 2.20. The molecule has 1 amide bonds. The molecule has 0 aliphatic carbocycles. The number of amides is 1. The van der Waals surface area contributed by atoms with Crippen LogP contribution in [0, 0.1) is 13.8 Å². The van der Waals surface area contributed by atoms with Crippen molar-refractivity contribution in [3.63, 3.8) is 0 Å². The number of rotatable bonds is 3. The Morgan fingerprint density at radius 1 is 1.21 bits per heavy atom. The number of halogens is 1. The number of hydrogen-bond donors (Lipinski definition) is 1. The van der Waals surface area contributed by atoms with Crippen LogP contribution in [0.1, 0.15) is 11.3 Å². The fourth-order valence-electron chi connectivity index (χ4n) is 2.49. The molecule has 0 radical (unpaired) electrons. The fourth-order valence-corrected chi connectivity index (χ4v) is 2.67. The van der Waals surface area contributed by atoms with Crippen molar-refractivity contribution in [3.05, 3.63) is 69.1 Å². The number of carbonyl (C=O) groups is 1. The Bertz CT molecular complexity index is 995. The van der Waals surface area contributed by atoms with Gasteiger partial charge in [-0.15, -0.1) is 0 Å². The first-order valence-electron chi connectivity index (χ1n) is 7.48. The van der Waals surface area contributed by atoms with Crippen LogP contribution in [0.5, 0.6) is 0 Å². The summed E-state index contributed by atoms with van der Waals surface area (Å²) in [6.07, 6.45) is 0. The molecule has 3 rings (SSSR count). The molecule has 0 saturated carbocycles. The highest BCUT2D eigenvalue weighted by atomic mass is 35.5. The quantitative estimate of drug-likeness (QED) is 0.795. The third kappa shape index (κ3) is 3.16. The third-order valence-electron chi connectivity index (χ3n) is 3.77. The molecule has 1 heterocycles. The van der Waals surface area contributed by atoms with Crippen LogP contribution in [-0.2, 0) is 11.3 Å². The lowest BCUT2D eigenvalue weighted by atomic mass is 10.2. The Morgan fingerprint density at radius 2 is 1.96 bits per heavy atom. The number of aryl methyl sites for hydroxylation is 2. The van der Waals surface area contributed by atoms with Gasteiger partial charge in [0.1, 0.15) is 12.2 Å². The second kappa shape index (κ2) is 6.45. The van der Waals surface area contributed by atoms with Crippen LogP contribution in [0.2, 0.25) is 5.02 Å². The van der Waals surface area contributed by atoms with Gasteiger partial charge in [-0.1, -0.05) is 29.8 Å². The summed E-state index contributed by atoms with van der Waals surface area (Å²) in [6, 6.07) is 12.5. The third-order valence-corrected chi connectivity index (χ3v) is 4.18. The first-order valence-corrected chi connectivity index (χ1v) is 7.85. The molecule has 0 bridgehead atoms. The summed E-state index contributed by atoms with van der Waals surface area (Å²) < 4.78 is 1.43. The largest absolute Gasteiger partial charge is 0.324 e.